The molecule has 2 aromatic carbocycles. The molecular weight excluding hydrogens is 461 g/mol. The van der Waals surface area contributed by atoms with Crippen LogP contribution in [0.1, 0.15) is 61.1 Å². The third-order valence-corrected chi connectivity index (χ3v) is 5.95. The number of alkyl halides is 3. The van der Waals surface area contributed by atoms with Gasteiger partial charge >= 0.3 is 12.1 Å². The number of rotatable bonds is 10. The highest BCUT2D eigenvalue weighted by Gasteiger charge is 2.38. The minimum absolute atomic E-state index is 0.132. The molecule has 0 aliphatic heterocycles. The molecule has 0 saturated carbocycles. The zero-order valence-corrected chi connectivity index (χ0v) is 19.5. The third kappa shape index (κ3) is 5.90. The second kappa shape index (κ2) is 10.8. The van der Waals surface area contributed by atoms with Gasteiger partial charge in [0, 0.05) is 17.1 Å². The number of nitrogens with zero attached hydrogens (tertiary/aromatic N) is 1. The van der Waals surface area contributed by atoms with E-state index in [-0.39, 0.29) is 30.8 Å². The third-order valence-electron chi connectivity index (χ3n) is 5.95. The van der Waals surface area contributed by atoms with Crippen molar-refractivity contribution in [3.63, 3.8) is 0 Å². The molecule has 1 amide bonds. The highest BCUT2D eigenvalue weighted by Crippen LogP contribution is 2.32. The highest BCUT2D eigenvalue weighted by atomic mass is 19.4. The molecule has 0 saturated heterocycles. The largest absolute Gasteiger partial charge is 0.487 e. The van der Waals surface area contributed by atoms with E-state index in [9.17, 15) is 27.9 Å². The Morgan fingerprint density at radius 3 is 2.40 bits per heavy atom. The lowest BCUT2D eigenvalue weighted by molar-refractivity contribution is -0.145. The van der Waals surface area contributed by atoms with Crippen LogP contribution in [0.3, 0.4) is 0 Å². The summed E-state index contributed by atoms with van der Waals surface area (Å²) in [6.07, 6.45) is -1.59. The first-order chi connectivity index (χ1) is 16.6. The second-order valence-corrected chi connectivity index (χ2v) is 8.30. The van der Waals surface area contributed by atoms with Gasteiger partial charge in [0.15, 0.2) is 0 Å². The first-order valence-corrected chi connectivity index (χ1v) is 11.3. The van der Waals surface area contributed by atoms with Gasteiger partial charge in [-0.15, -0.1) is 0 Å². The number of carboxylic acids is 1. The molecule has 35 heavy (non-hydrogen) atoms. The number of unbranched alkanes of at least 4 members (excludes halogenated alkanes) is 1. The predicted molar refractivity (Wildman–Crippen MR) is 125 cm³/mol. The number of ether oxygens (including phenoxy) is 1. The summed E-state index contributed by atoms with van der Waals surface area (Å²) in [7, 11) is 0. The lowest BCUT2D eigenvalue weighted by atomic mass is 9.89. The quantitative estimate of drug-likeness (QED) is 0.366. The van der Waals surface area contributed by atoms with E-state index in [0.29, 0.717) is 17.4 Å². The predicted octanol–water partition coefficient (Wildman–Crippen LogP) is 5.99. The molecule has 186 valence electrons. The Balaban J connectivity index is 1.94. The molecule has 0 fully saturated rings. The molecule has 2 N–H and O–H groups in total. The average Bonchev–Trinajstić information content (AvgIpc) is 2.84. The lowest BCUT2D eigenvalue weighted by Gasteiger charge is -2.30. The number of aliphatic carboxylic acids is 1. The van der Waals surface area contributed by atoms with Gasteiger partial charge in [0.2, 0.25) is 0 Å². The van der Waals surface area contributed by atoms with E-state index in [4.69, 9.17) is 4.74 Å². The number of carboxylic acid groups (broad SMARTS) is 1. The number of nitrogens with one attached hydrogen (secondary N) is 1. The molecule has 3 rings (SSSR count). The minimum atomic E-state index is -4.55. The summed E-state index contributed by atoms with van der Waals surface area (Å²) in [4.78, 5) is 28.9. The molecule has 0 spiro atoms. The standard InChI is InChI=1S/C26H27F3N2O4/c1-3-5-14-25(4-2,24(33)34)31-23(32)20-12-11-18-8-6-7-9-19(18)22(20)35-16-17-10-13-21(30-15-17)26(27,28)29/h6-13,15H,3-5,14,16H2,1-2H3,(H,31,32)(H,33,34). The maximum atomic E-state index is 13.3. The zero-order valence-electron chi connectivity index (χ0n) is 19.5. The van der Waals surface area contributed by atoms with Crippen molar-refractivity contribution in [3.05, 3.63) is 71.5 Å². The number of carbonyl (C=O) groups excluding carboxylic acids is 1. The maximum Gasteiger partial charge on any atom is 0.433 e. The van der Waals surface area contributed by atoms with Crippen LogP contribution in [0.5, 0.6) is 5.75 Å². The molecule has 0 aliphatic rings. The van der Waals surface area contributed by atoms with Crippen LogP contribution in [-0.2, 0) is 17.6 Å². The van der Waals surface area contributed by atoms with Crippen LogP contribution in [0.25, 0.3) is 10.8 Å². The Bertz CT molecular complexity index is 1200. The van der Waals surface area contributed by atoms with Crippen LogP contribution in [0.4, 0.5) is 13.2 Å². The minimum Gasteiger partial charge on any atom is -0.487 e. The molecule has 6 nitrogen and oxygen atoms in total. The number of aromatic nitrogens is 1. The van der Waals surface area contributed by atoms with Gasteiger partial charge in [-0.25, -0.2) is 4.79 Å². The van der Waals surface area contributed by atoms with E-state index in [1.807, 2.05) is 19.1 Å². The smallest absolute Gasteiger partial charge is 0.433 e. The second-order valence-electron chi connectivity index (χ2n) is 8.30. The van der Waals surface area contributed by atoms with Crippen LogP contribution in [0.2, 0.25) is 0 Å². The van der Waals surface area contributed by atoms with Gasteiger partial charge in [0.1, 0.15) is 23.6 Å². The highest BCUT2D eigenvalue weighted by molar-refractivity contribution is 6.05. The topological polar surface area (TPSA) is 88.5 Å². The summed E-state index contributed by atoms with van der Waals surface area (Å²) in [5.74, 6) is -1.50. The number of carbonyl (C=O) groups is 2. The molecule has 3 aromatic rings. The van der Waals surface area contributed by atoms with Gasteiger partial charge in [0.25, 0.3) is 5.91 Å². The molecule has 9 heteroatoms. The van der Waals surface area contributed by atoms with E-state index in [2.05, 4.69) is 10.3 Å². The van der Waals surface area contributed by atoms with E-state index < -0.39 is 29.3 Å². The fourth-order valence-electron chi connectivity index (χ4n) is 3.81. The molecule has 0 aliphatic carbocycles. The average molecular weight is 489 g/mol. The lowest BCUT2D eigenvalue weighted by Crippen LogP contribution is -2.54. The summed E-state index contributed by atoms with van der Waals surface area (Å²) < 4.78 is 44.4. The van der Waals surface area contributed by atoms with Gasteiger partial charge in [0.05, 0.1) is 5.56 Å². The summed E-state index contributed by atoms with van der Waals surface area (Å²) in [5.41, 5.74) is -1.91. The first kappa shape index (κ1) is 26.0. The van der Waals surface area contributed by atoms with Crippen LogP contribution in [0.15, 0.2) is 54.7 Å². The van der Waals surface area contributed by atoms with Crippen molar-refractivity contribution < 1.29 is 32.6 Å². The number of fused-ring (bicyclic) bond motifs is 1. The number of amides is 1. The van der Waals surface area contributed by atoms with Gasteiger partial charge in [-0.1, -0.05) is 63.1 Å². The first-order valence-electron chi connectivity index (χ1n) is 11.3. The summed E-state index contributed by atoms with van der Waals surface area (Å²) in [5, 5.41) is 14.0. The fourth-order valence-corrected chi connectivity index (χ4v) is 3.81. The number of halogens is 3. The van der Waals surface area contributed by atoms with Crippen molar-refractivity contribution in [1.29, 1.82) is 0 Å². The van der Waals surface area contributed by atoms with Crippen molar-refractivity contribution in [1.82, 2.24) is 10.3 Å². The van der Waals surface area contributed by atoms with Gasteiger partial charge < -0.3 is 15.2 Å². The van der Waals surface area contributed by atoms with Crippen LogP contribution >= 0.6 is 0 Å². The normalized spacial score (nSPS) is 13.3. The molecule has 0 bridgehead atoms. The summed E-state index contributed by atoms with van der Waals surface area (Å²) in [6, 6.07) is 12.6. The Hall–Kier alpha value is -3.62. The number of pyridine rings is 1. The van der Waals surface area contributed by atoms with Gasteiger partial charge in [-0.3, -0.25) is 9.78 Å². The molecule has 0 radical (unpaired) electrons. The van der Waals surface area contributed by atoms with E-state index in [0.717, 1.165) is 24.1 Å². The Kier molecular flexibility index (Phi) is 7.99. The van der Waals surface area contributed by atoms with Crippen molar-refractivity contribution in [2.24, 2.45) is 0 Å². The Morgan fingerprint density at radius 2 is 1.80 bits per heavy atom. The summed E-state index contributed by atoms with van der Waals surface area (Å²) in [6.45, 7) is 3.52. The van der Waals surface area contributed by atoms with Crippen molar-refractivity contribution >= 4 is 22.6 Å². The van der Waals surface area contributed by atoms with E-state index >= 15 is 0 Å². The molecule has 1 heterocycles. The van der Waals surface area contributed by atoms with Gasteiger partial charge in [-0.2, -0.15) is 13.2 Å². The van der Waals surface area contributed by atoms with Crippen molar-refractivity contribution in [3.8, 4) is 5.75 Å². The summed E-state index contributed by atoms with van der Waals surface area (Å²) >= 11 is 0. The number of hydrogen-bond donors (Lipinski definition) is 2. The Labute approximate surface area is 201 Å². The molecule has 1 aromatic heterocycles. The monoisotopic (exact) mass is 488 g/mol. The van der Waals surface area contributed by atoms with Crippen LogP contribution in [0, 0.1) is 0 Å². The van der Waals surface area contributed by atoms with E-state index in [1.165, 1.54) is 6.07 Å². The molecule has 1 unspecified atom stereocenters. The molecular formula is C26H27F3N2O4. The fraction of sp³-hybridized carbons (Fsp3) is 0.346. The number of hydrogen-bond acceptors (Lipinski definition) is 4. The zero-order chi connectivity index (χ0) is 25.6. The maximum absolute atomic E-state index is 13.3. The SMILES string of the molecule is CCCCC(CC)(NC(=O)c1ccc2ccccc2c1OCc1ccc(C(F)(F)F)nc1)C(=O)O. The van der Waals surface area contributed by atoms with Crippen LogP contribution < -0.4 is 10.1 Å². The van der Waals surface area contributed by atoms with Crippen molar-refractivity contribution in [2.45, 2.75) is 57.9 Å². The van der Waals surface area contributed by atoms with Crippen molar-refractivity contribution in [2.75, 3.05) is 0 Å². The van der Waals surface area contributed by atoms with Crippen LogP contribution in [-0.4, -0.2) is 27.5 Å². The van der Waals surface area contributed by atoms with Gasteiger partial charge in [-0.05, 0) is 30.4 Å². The molecule has 1 atom stereocenters. The Morgan fingerprint density at radius 1 is 1.06 bits per heavy atom. The van der Waals surface area contributed by atoms with E-state index in [1.54, 1.807) is 31.2 Å². The number of benzene rings is 2.